The van der Waals surface area contributed by atoms with Gasteiger partial charge in [-0.2, -0.15) is 0 Å². The van der Waals surface area contributed by atoms with Crippen LogP contribution in [-0.4, -0.2) is 5.97 Å². The Morgan fingerprint density at radius 2 is 1.42 bits per heavy atom. The second-order valence-electron chi connectivity index (χ2n) is 4.67. The van der Waals surface area contributed by atoms with E-state index in [2.05, 4.69) is 18.2 Å². The van der Waals surface area contributed by atoms with E-state index in [1.54, 1.807) is 0 Å². The molecule has 94 valence electrons. The topological polar surface area (TPSA) is 40.1 Å². The molecule has 0 bridgehead atoms. The predicted molar refractivity (Wildman–Crippen MR) is 74.8 cm³/mol. The average molecular weight is 249 g/mol. The highest BCUT2D eigenvalue weighted by Crippen LogP contribution is 2.29. The van der Waals surface area contributed by atoms with E-state index in [-0.39, 0.29) is 6.42 Å². The van der Waals surface area contributed by atoms with Gasteiger partial charge in [0.15, 0.2) is 0 Å². The molecular weight excluding hydrogens is 236 g/mol. The van der Waals surface area contributed by atoms with Crippen molar-refractivity contribution in [1.29, 1.82) is 0 Å². The Hall–Kier alpha value is -2.35. The van der Waals surface area contributed by atoms with E-state index in [1.807, 2.05) is 36.4 Å². The van der Waals surface area contributed by atoms with Gasteiger partial charge in [-0.3, -0.25) is 0 Å². The van der Waals surface area contributed by atoms with Crippen LogP contribution in [0.2, 0.25) is 0 Å². The normalized spacial score (nSPS) is 10.9. The zero-order valence-electron chi connectivity index (χ0n) is 10.4. The van der Waals surface area contributed by atoms with E-state index in [1.165, 1.54) is 0 Å². The Balaban J connectivity index is 2.29. The predicted octanol–water partition coefficient (Wildman–Crippen LogP) is 2.68. The number of hydrogen-bond donors (Lipinski definition) is 0. The van der Waals surface area contributed by atoms with E-state index < -0.39 is 5.97 Å². The Morgan fingerprint density at radius 3 is 1.95 bits per heavy atom. The van der Waals surface area contributed by atoms with Crippen molar-refractivity contribution >= 4 is 27.5 Å². The van der Waals surface area contributed by atoms with E-state index in [4.69, 9.17) is 0 Å². The van der Waals surface area contributed by atoms with Crippen LogP contribution in [-0.2, 0) is 11.2 Å². The van der Waals surface area contributed by atoms with Gasteiger partial charge in [-0.25, -0.2) is 0 Å². The molecule has 3 aromatic carbocycles. The Bertz CT molecular complexity index is 705. The van der Waals surface area contributed by atoms with Crippen molar-refractivity contribution in [2.45, 2.75) is 12.8 Å². The fourth-order valence-corrected chi connectivity index (χ4v) is 2.60. The van der Waals surface area contributed by atoms with Crippen LogP contribution in [0.3, 0.4) is 0 Å². The Morgan fingerprint density at radius 1 is 0.895 bits per heavy atom. The maximum absolute atomic E-state index is 10.7. The highest BCUT2D eigenvalue weighted by Gasteiger charge is 2.06. The van der Waals surface area contributed by atoms with E-state index >= 15 is 0 Å². The van der Waals surface area contributed by atoms with Crippen molar-refractivity contribution < 1.29 is 9.90 Å². The molecule has 0 fully saturated rings. The number of benzene rings is 3. The zero-order valence-corrected chi connectivity index (χ0v) is 10.4. The highest BCUT2D eigenvalue weighted by atomic mass is 16.4. The summed E-state index contributed by atoms with van der Waals surface area (Å²) in [5, 5.41) is 15.3. The van der Waals surface area contributed by atoms with Crippen LogP contribution in [0.1, 0.15) is 12.0 Å². The molecule has 2 heteroatoms. The second-order valence-corrected chi connectivity index (χ2v) is 4.67. The number of hydrogen-bond acceptors (Lipinski definition) is 2. The molecule has 0 amide bonds. The summed E-state index contributed by atoms with van der Waals surface area (Å²) >= 11 is 0. The number of fused-ring (bicyclic) bond motifs is 2. The second kappa shape index (κ2) is 4.73. The van der Waals surface area contributed by atoms with Gasteiger partial charge < -0.3 is 9.90 Å². The van der Waals surface area contributed by atoms with Gasteiger partial charge >= 0.3 is 0 Å². The van der Waals surface area contributed by atoms with Crippen LogP contribution in [0, 0.1) is 0 Å². The van der Waals surface area contributed by atoms with Gasteiger partial charge in [0.1, 0.15) is 0 Å². The fourth-order valence-electron chi connectivity index (χ4n) is 2.60. The molecule has 0 spiro atoms. The smallest absolute Gasteiger partial charge is 0.0417 e. The summed E-state index contributed by atoms with van der Waals surface area (Å²) < 4.78 is 0. The lowest BCUT2D eigenvalue weighted by Crippen LogP contribution is -2.22. The molecule has 19 heavy (non-hydrogen) atoms. The number of aliphatic carboxylic acids is 1. The third kappa shape index (κ3) is 2.17. The van der Waals surface area contributed by atoms with Crippen molar-refractivity contribution in [1.82, 2.24) is 0 Å². The molecular formula is C17H13O2-. The summed E-state index contributed by atoms with van der Waals surface area (Å²) in [7, 11) is 0. The SMILES string of the molecule is O=C([O-])CCc1c2ccccc2cc2ccccc12. The first-order chi connectivity index (χ1) is 9.25. The van der Waals surface area contributed by atoms with Crippen molar-refractivity contribution in [3.05, 3.63) is 60.2 Å². The number of rotatable bonds is 3. The van der Waals surface area contributed by atoms with E-state index in [0.29, 0.717) is 6.42 Å². The fraction of sp³-hybridized carbons (Fsp3) is 0.118. The molecule has 0 aromatic heterocycles. The number of carboxylic acid groups (broad SMARTS) is 1. The summed E-state index contributed by atoms with van der Waals surface area (Å²) in [6, 6.07) is 18.3. The minimum atomic E-state index is -1.00. The molecule has 0 aliphatic rings. The van der Waals surface area contributed by atoms with Gasteiger partial charge in [0.25, 0.3) is 0 Å². The van der Waals surface area contributed by atoms with Gasteiger partial charge in [0, 0.05) is 5.97 Å². The van der Waals surface area contributed by atoms with Crippen LogP contribution >= 0.6 is 0 Å². The van der Waals surface area contributed by atoms with E-state index in [0.717, 1.165) is 27.1 Å². The molecule has 0 aliphatic carbocycles. The lowest BCUT2D eigenvalue weighted by Gasteiger charge is -2.11. The molecule has 2 nitrogen and oxygen atoms in total. The summed E-state index contributed by atoms with van der Waals surface area (Å²) in [6.07, 6.45) is 0.558. The van der Waals surface area contributed by atoms with Crippen molar-refractivity contribution in [2.75, 3.05) is 0 Å². The van der Waals surface area contributed by atoms with Gasteiger partial charge in [-0.05, 0) is 46.0 Å². The first kappa shape index (κ1) is 11.7. The van der Waals surface area contributed by atoms with Crippen LogP contribution in [0.5, 0.6) is 0 Å². The van der Waals surface area contributed by atoms with Gasteiger partial charge in [-0.15, -0.1) is 0 Å². The lowest BCUT2D eigenvalue weighted by molar-refractivity contribution is -0.305. The van der Waals surface area contributed by atoms with Gasteiger partial charge in [0.05, 0.1) is 0 Å². The average Bonchev–Trinajstić information content (AvgIpc) is 2.43. The third-order valence-electron chi connectivity index (χ3n) is 3.46. The maximum atomic E-state index is 10.7. The standard InChI is InChI=1S/C17H14O2/c18-17(19)10-9-16-14-7-3-1-5-12(14)11-13-6-2-4-8-15(13)16/h1-8,11H,9-10H2,(H,18,19)/p-1. The highest BCUT2D eigenvalue weighted by molar-refractivity contribution is 6.02. The summed E-state index contributed by atoms with van der Waals surface area (Å²) in [5.41, 5.74) is 1.10. The van der Waals surface area contributed by atoms with Gasteiger partial charge in [0.2, 0.25) is 0 Å². The molecule has 0 heterocycles. The summed E-state index contributed by atoms with van der Waals surface area (Å²) in [4.78, 5) is 10.7. The van der Waals surface area contributed by atoms with Crippen molar-refractivity contribution in [2.24, 2.45) is 0 Å². The molecule has 0 saturated carbocycles. The minimum Gasteiger partial charge on any atom is -0.550 e. The molecule has 0 N–H and O–H groups in total. The molecule has 0 aliphatic heterocycles. The summed E-state index contributed by atoms with van der Waals surface area (Å²) in [6.45, 7) is 0. The van der Waals surface area contributed by atoms with Crippen molar-refractivity contribution in [3.8, 4) is 0 Å². The zero-order chi connectivity index (χ0) is 13.2. The summed E-state index contributed by atoms with van der Waals surface area (Å²) in [5.74, 6) is -1.00. The first-order valence-electron chi connectivity index (χ1n) is 6.35. The Kier molecular flexibility index (Phi) is 2.92. The third-order valence-corrected chi connectivity index (χ3v) is 3.46. The monoisotopic (exact) mass is 249 g/mol. The number of aryl methyl sites for hydroxylation is 1. The van der Waals surface area contributed by atoms with Crippen LogP contribution in [0.25, 0.3) is 21.5 Å². The van der Waals surface area contributed by atoms with Crippen LogP contribution in [0.15, 0.2) is 54.6 Å². The molecule has 0 atom stereocenters. The number of carbonyl (C=O) groups excluding carboxylic acids is 1. The first-order valence-corrected chi connectivity index (χ1v) is 6.35. The molecule has 3 aromatic rings. The minimum absolute atomic E-state index is 0.0536. The number of carbonyl (C=O) groups is 1. The largest absolute Gasteiger partial charge is 0.550 e. The van der Waals surface area contributed by atoms with Crippen LogP contribution in [0.4, 0.5) is 0 Å². The molecule has 3 rings (SSSR count). The molecule has 0 unspecified atom stereocenters. The number of carboxylic acids is 1. The Labute approximate surface area is 111 Å². The van der Waals surface area contributed by atoms with E-state index in [9.17, 15) is 9.90 Å². The van der Waals surface area contributed by atoms with Crippen molar-refractivity contribution in [3.63, 3.8) is 0 Å². The lowest BCUT2D eigenvalue weighted by atomic mass is 9.94. The van der Waals surface area contributed by atoms with Crippen LogP contribution < -0.4 is 5.11 Å². The molecule has 0 saturated heterocycles. The maximum Gasteiger partial charge on any atom is 0.0417 e. The molecule has 0 radical (unpaired) electrons. The quantitative estimate of drug-likeness (QED) is 0.669. The van der Waals surface area contributed by atoms with Gasteiger partial charge in [-0.1, -0.05) is 48.5 Å².